The van der Waals surface area contributed by atoms with Crippen molar-refractivity contribution < 1.29 is 34.1 Å². The standard InChI is InChI=1S/C26H19N3O7S/c1-35-14-7-8-15(18(12-14)36-2)22(30)20-21(17-5-3-4-10-27-17)29(24(32)23(20)31)26-28-16-9-6-13(25(33)34)11-19(16)37-26/h3-12,21,30H,1-2H3,(H,33,34)/b22-20+. The molecule has 4 aromatic rings. The average molecular weight is 518 g/mol. The zero-order valence-electron chi connectivity index (χ0n) is 19.5. The van der Waals surface area contributed by atoms with Gasteiger partial charge in [-0.2, -0.15) is 0 Å². The van der Waals surface area contributed by atoms with Gasteiger partial charge in [-0.15, -0.1) is 0 Å². The first-order valence-electron chi connectivity index (χ1n) is 10.9. The van der Waals surface area contributed by atoms with E-state index in [9.17, 15) is 24.6 Å². The summed E-state index contributed by atoms with van der Waals surface area (Å²) < 4.78 is 11.1. The SMILES string of the molecule is COc1ccc(/C(O)=C2\C(=O)C(=O)N(c3nc4ccc(C(=O)O)cc4s3)C2c2ccccn2)c(OC)c1. The molecule has 37 heavy (non-hydrogen) atoms. The summed E-state index contributed by atoms with van der Waals surface area (Å²) in [5, 5.41) is 20.9. The molecule has 0 aliphatic carbocycles. The Morgan fingerprint density at radius 1 is 1.03 bits per heavy atom. The lowest BCUT2D eigenvalue weighted by atomic mass is 9.98. The molecule has 0 spiro atoms. The fourth-order valence-corrected chi connectivity index (χ4v) is 5.17. The van der Waals surface area contributed by atoms with Gasteiger partial charge in [0.25, 0.3) is 5.78 Å². The highest BCUT2D eigenvalue weighted by molar-refractivity contribution is 7.22. The molecule has 3 heterocycles. The number of hydrogen-bond donors (Lipinski definition) is 2. The van der Waals surface area contributed by atoms with Gasteiger partial charge in [-0.25, -0.2) is 9.78 Å². The summed E-state index contributed by atoms with van der Waals surface area (Å²) in [6.07, 6.45) is 1.51. The maximum atomic E-state index is 13.4. The van der Waals surface area contributed by atoms with Gasteiger partial charge in [-0.3, -0.25) is 19.5 Å². The predicted molar refractivity (Wildman–Crippen MR) is 135 cm³/mol. The number of nitrogens with zero attached hydrogens (tertiary/aromatic N) is 3. The van der Waals surface area contributed by atoms with E-state index in [1.54, 1.807) is 30.3 Å². The lowest BCUT2D eigenvalue weighted by Gasteiger charge is -2.22. The third-order valence-corrected chi connectivity index (χ3v) is 6.92. The highest BCUT2D eigenvalue weighted by Gasteiger charge is 2.49. The van der Waals surface area contributed by atoms with E-state index in [1.165, 1.54) is 49.6 Å². The fraction of sp³-hybridized carbons (Fsp3) is 0.115. The van der Waals surface area contributed by atoms with Crippen molar-refractivity contribution in [2.45, 2.75) is 6.04 Å². The van der Waals surface area contributed by atoms with Crippen LogP contribution >= 0.6 is 11.3 Å². The quantitative estimate of drug-likeness (QED) is 0.220. The summed E-state index contributed by atoms with van der Waals surface area (Å²) >= 11 is 1.06. The van der Waals surface area contributed by atoms with Crippen molar-refractivity contribution in [3.8, 4) is 11.5 Å². The molecule has 1 fully saturated rings. The predicted octanol–water partition coefficient (Wildman–Crippen LogP) is 4.03. The van der Waals surface area contributed by atoms with Crippen LogP contribution in [0.1, 0.15) is 27.7 Å². The van der Waals surface area contributed by atoms with E-state index in [-0.39, 0.29) is 27.6 Å². The van der Waals surface area contributed by atoms with Crippen molar-refractivity contribution in [2.24, 2.45) is 0 Å². The number of Topliss-reactive ketones (excluding diaryl/α,β-unsaturated/α-hetero) is 1. The van der Waals surface area contributed by atoms with Crippen LogP contribution in [-0.2, 0) is 9.59 Å². The number of carboxylic acid groups (broad SMARTS) is 1. The summed E-state index contributed by atoms with van der Waals surface area (Å²) in [6, 6.07) is 13.0. The Balaban J connectivity index is 1.72. The van der Waals surface area contributed by atoms with Gasteiger partial charge in [0, 0.05) is 12.3 Å². The number of aliphatic hydroxyl groups excluding tert-OH is 1. The van der Waals surface area contributed by atoms with Crippen molar-refractivity contribution in [3.05, 3.63) is 83.2 Å². The molecular weight excluding hydrogens is 498 g/mol. The Morgan fingerprint density at radius 3 is 2.51 bits per heavy atom. The molecule has 186 valence electrons. The van der Waals surface area contributed by atoms with Gasteiger partial charge in [-0.1, -0.05) is 17.4 Å². The number of aromatic carboxylic acids is 1. The van der Waals surface area contributed by atoms with Gasteiger partial charge in [-0.05, 0) is 42.5 Å². The number of aromatic nitrogens is 2. The summed E-state index contributed by atoms with van der Waals surface area (Å²) in [4.78, 5) is 48.1. The van der Waals surface area contributed by atoms with Crippen LogP contribution in [0, 0.1) is 0 Å². The van der Waals surface area contributed by atoms with E-state index in [0.717, 1.165) is 11.3 Å². The maximum absolute atomic E-state index is 13.4. The molecular formula is C26H19N3O7S. The van der Waals surface area contributed by atoms with Crippen LogP contribution in [0.15, 0.2) is 66.4 Å². The first-order valence-corrected chi connectivity index (χ1v) is 11.7. The number of carboxylic acids is 1. The van der Waals surface area contributed by atoms with Gasteiger partial charge >= 0.3 is 11.9 Å². The largest absolute Gasteiger partial charge is 0.507 e. The molecule has 1 saturated heterocycles. The molecule has 5 rings (SSSR count). The van der Waals surface area contributed by atoms with Crippen LogP contribution in [0.5, 0.6) is 11.5 Å². The van der Waals surface area contributed by atoms with E-state index >= 15 is 0 Å². The first kappa shape index (κ1) is 23.9. The minimum absolute atomic E-state index is 0.0673. The summed E-state index contributed by atoms with van der Waals surface area (Å²) in [7, 11) is 2.89. The third-order valence-electron chi connectivity index (χ3n) is 5.91. The number of aliphatic hydroxyl groups is 1. The number of pyridine rings is 1. The van der Waals surface area contributed by atoms with Crippen LogP contribution < -0.4 is 14.4 Å². The number of hydrogen-bond acceptors (Lipinski definition) is 9. The number of fused-ring (bicyclic) bond motifs is 1. The van der Waals surface area contributed by atoms with Crippen LogP contribution in [0.25, 0.3) is 16.0 Å². The molecule has 1 aliphatic rings. The molecule has 1 amide bonds. The molecule has 10 nitrogen and oxygen atoms in total. The fourth-order valence-electron chi connectivity index (χ4n) is 4.14. The zero-order chi connectivity index (χ0) is 26.3. The Kier molecular flexibility index (Phi) is 6.06. The number of anilines is 1. The van der Waals surface area contributed by atoms with E-state index in [0.29, 0.717) is 21.7 Å². The first-order chi connectivity index (χ1) is 17.8. The zero-order valence-corrected chi connectivity index (χ0v) is 20.4. The molecule has 2 aromatic carbocycles. The monoisotopic (exact) mass is 517 g/mol. The lowest BCUT2D eigenvalue weighted by Crippen LogP contribution is -2.29. The Morgan fingerprint density at radius 2 is 1.84 bits per heavy atom. The molecule has 1 unspecified atom stereocenters. The highest BCUT2D eigenvalue weighted by atomic mass is 32.1. The number of methoxy groups -OCH3 is 2. The Bertz CT molecular complexity index is 1600. The third kappa shape index (κ3) is 4.04. The number of rotatable bonds is 6. The van der Waals surface area contributed by atoms with Gasteiger partial charge in [0.05, 0.1) is 46.8 Å². The van der Waals surface area contributed by atoms with Gasteiger partial charge < -0.3 is 19.7 Å². The molecule has 2 N–H and O–H groups in total. The number of benzene rings is 2. The van der Waals surface area contributed by atoms with Crippen molar-refractivity contribution in [2.75, 3.05) is 19.1 Å². The normalized spacial score (nSPS) is 16.8. The van der Waals surface area contributed by atoms with Gasteiger partial charge in [0.15, 0.2) is 5.13 Å². The second-order valence-electron chi connectivity index (χ2n) is 7.97. The van der Waals surface area contributed by atoms with E-state index in [1.807, 2.05) is 0 Å². The molecule has 1 atom stereocenters. The Labute approximate surface area is 214 Å². The number of thiazole rings is 1. The van der Waals surface area contributed by atoms with E-state index < -0.39 is 29.5 Å². The molecule has 2 aromatic heterocycles. The minimum Gasteiger partial charge on any atom is -0.507 e. The highest BCUT2D eigenvalue weighted by Crippen LogP contribution is 2.45. The molecule has 0 saturated carbocycles. The van der Waals surface area contributed by atoms with Crippen molar-refractivity contribution in [3.63, 3.8) is 0 Å². The smallest absolute Gasteiger partial charge is 0.335 e. The van der Waals surface area contributed by atoms with Gasteiger partial charge in [0.1, 0.15) is 23.3 Å². The number of amides is 1. The van der Waals surface area contributed by atoms with Crippen molar-refractivity contribution in [1.29, 1.82) is 0 Å². The Hall–Kier alpha value is -4.77. The van der Waals surface area contributed by atoms with Crippen LogP contribution in [0.3, 0.4) is 0 Å². The number of ketones is 1. The second kappa shape index (κ2) is 9.36. The maximum Gasteiger partial charge on any atom is 0.335 e. The topological polar surface area (TPSA) is 139 Å². The minimum atomic E-state index is -1.10. The molecule has 11 heteroatoms. The molecule has 1 aliphatic heterocycles. The second-order valence-corrected chi connectivity index (χ2v) is 8.98. The van der Waals surface area contributed by atoms with E-state index in [4.69, 9.17) is 9.47 Å². The summed E-state index contributed by atoms with van der Waals surface area (Å²) in [6.45, 7) is 0. The van der Waals surface area contributed by atoms with Crippen molar-refractivity contribution in [1.82, 2.24) is 9.97 Å². The van der Waals surface area contributed by atoms with E-state index in [2.05, 4.69) is 9.97 Å². The van der Waals surface area contributed by atoms with Crippen molar-refractivity contribution >= 4 is 50.1 Å². The number of carbonyl (C=O) groups is 3. The number of carbonyl (C=O) groups excluding carboxylic acids is 2. The summed E-state index contributed by atoms with van der Waals surface area (Å²) in [5.74, 6) is -2.64. The molecule has 0 radical (unpaired) electrons. The average Bonchev–Trinajstić information content (AvgIpc) is 3.45. The summed E-state index contributed by atoms with van der Waals surface area (Å²) in [5.41, 5.74) is 0.873. The van der Waals surface area contributed by atoms with Crippen LogP contribution in [-0.4, -0.2) is 52.1 Å². The lowest BCUT2D eigenvalue weighted by molar-refractivity contribution is -0.132. The van der Waals surface area contributed by atoms with Crippen LogP contribution in [0.2, 0.25) is 0 Å². The molecule has 0 bridgehead atoms. The van der Waals surface area contributed by atoms with Gasteiger partial charge in [0.2, 0.25) is 0 Å². The van der Waals surface area contributed by atoms with Crippen LogP contribution in [0.4, 0.5) is 5.13 Å². The number of ether oxygens (including phenoxy) is 2.